The summed E-state index contributed by atoms with van der Waals surface area (Å²) in [4.78, 5) is 12.1. The Morgan fingerprint density at radius 3 is 2.62 bits per heavy atom. The third kappa shape index (κ3) is 4.53. The fourth-order valence-electron chi connectivity index (χ4n) is 2.23. The summed E-state index contributed by atoms with van der Waals surface area (Å²) in [5.41, 5.74) is 1.28. The van der Waals surface area contributed by atoms with Crippen molar-refractivity contribution in [2.75, 3.05) is 12.4 Å². The second kappa shape index (κ2) is 8.21. The topological polar surface area (TPSA) is 77.2 Å². The monoisotopic (exact) mass is 391 g/mol. The number of anilines is 1. The molecular formula is C18H15Cl2N3O3. The van der Waals surface area contributed by atoms with Crippen LogP contribution in [0, 0.1) is 0 Å². The van der Waals surface area contributed by atoms with E-state index in [0.29, 0.717) is 33.9 Å². The average Bonchev–Trinajstić information content (AvgIpc) is 3.11. The lowest BCUT2D eigenvalue weighted by atomic mass is 10.2. The van der Waals surface area contributed by atoms with Gasteiger partial charge in [0.1, 0.15) is 5.75 Å². The number of hydrogen-bond acceptors (Lipinski definition) is 5. The van der Waals surface area contributed by atoms with Crippen LogP contribution in [0.3, 0.4) is 0 Å². The van der Waals surface area contributed by atoms with Gasteiger partial charge in [-0.05, 0) is 42.5 Å². The van der Waals surface area contributed by atoms with Crippen molar-refractivity contribution >= 4 is 34.8 Å². The van der Waals surface area contributed by atoms with E-state index in [2.05, 4.69) is 15.5 Å². The second-order valence-corrected chi connectivity index (χ2v) is 6.25. The number of nitrogens with one attached hydrogen (secondary N) is 1. The fourth-order valence-corrected chi connectivity index (χ4v) is 2.68. The van der Waals surface area contributed by atoms with E-state index in [1.807, 2.05) is 24.3 Å². The number of carbonyl (C=O) groups is 1. The van der Waals surface area contributed by atoms with Gasteiger partial charge in [0.05, 0.1) is 17.8 Å². The molecule has 0 aliphatic rings. The van der Waals surface area contributed by atoms with Crippen molar-refractivity contribution in [2.45, 2.75) is 12.8 Å². The van der Waals surface area contributed by atoms with Gasteiger partial charge in [0, 0.05) is 23.4 Å². The zero-order chi connectivity index (χ0) is 18.5. The lowest BCUT2D eigenvalue weighted by Crippen LogP contribution is -2.12. The van der Waals surface area contributed by atoms with Crippen LogP contribution >= 0.6 is 23.2 Å². The molecule has 0 saturated carbocycles. The Bertz CT molecular complexity index is 910. The molecule has 134 valence electrons. The number of aromatic nitrogens is 2. The Labute approximate surface area is 160 Å². The van der Waals surface area contributed by atoms with E-state index in [1.54, 1.807) is 25.3 Å². The van der Waals surface area contributed by atoms with Crippen molar-refractivity contribution in [1.82, 2.24) is 10.2 Å². The van der Waals surface area contributed by atoms with Crippen LogP contribution in [0.5, 0.6) is 5.75 Å². The minimum Gasteiger partial charge on any atom is -0.497 e. The molecule has 26 heavy (non-hydrogen) atoms. The predicted molar refractivity (Wildman–Crippen MR) is 99.7 cm³/mol. The molecule has 8 heteroatoms. The molecule has 0 saturated heterocycles. The van der Waals surface area contributed by atoms with Gasteiger partial charge in [-0.1, -0.05) is 23.2 Å². The summed E-state index contributed by atoms with van der Waals surface area (Å²) in [5, 5.41) is 11.6. The van der Waals surface area contributed by atoms with Crippen LogP contribution in [0.15, 0.2) is 46.9 Å². The highest BCUT2D eigenvalue weighted by atomic mass is 35.5. The van der Waals surface area contributed by atoms with Gasteiger partial charge >= 0.3 is 0 Å². The van der Waals surface area contributed by atoms with Gasteiger partial charge in [-0.2, -0.15) is 0 Å². The first-order chi connectivity index (χ1) is 12.5. The molecule has 6 nitrogen and oxygen atoms in total. The minimum absolute atomic E-state index is 0.184. The maximum Gasteiger partial charge on any atom is 0.247 e. The van der Waals surface area contributed by atoms with Crippen molar-refractivity contribution in [3.05, 3.63) is 58.4 Å². The van der Waals surface area contributed by atoms with Crippen molar-refractivity contribution in [3.63, 3.8) is 0 Å². The maximum absolute atomic E-state index is 12.1. The number of hydrogen-bond donors (Lipinski definition) is 1. The van der Waals surface area contributed by atoms with E-state index >= 15 is 0 Å². The molecule has 0 atom stereocenters. The Hall–Kier alpha value is -2.57. The SMILES string of the molecule is COc1ccc(-c2nnc(CCC(=O)Nc3ccc(Cl)cc3Cl)o2)cc1. The maximum atomic E-state index is 12.1. The molecule has 0 fully saturated rings. The van der Waals surface area contributed by atoms with Gasteiger partial charge in [0.2, 0.25) is 17.7 Å². The Morgan fingerprint density at radius 1 is 1.15 bits per heavy atom. The number of methoxy groups -OCH3 is 1. The summed E-state index contributed by atoms with van der Waals surface area (Å²) >= 11 is 11.9. The number of amides is 1. The molecule has 0 radical (unpaired) electrons. The van der Waals surface area contributed by atoms with E-state index in [1.165, 1.54) is 0 Å². The third-order valence-corrected chi connectivity index (χ3v) is 4.12. The summed E-state index contributed by atoms with van der Waals surface area (Å²) in [6.07, 6.45) is 0.503. The van der Waals surface area contributed by atoms with Crippen LogP contribution in [0.25, 0.3) is 11.5 Å². The third-order valence-electron chi connectivity index (χ3n) is 3.57. The Balaban J connectivity index is 1.58. The summed E-state index contributed by atoms with van der Waals surface area (Å²) in [7, 11) is 1.60. The first-order valence-electron chi connectivity index (χ1n) is 7.77. The van der Waals surface area contributed by atoms with Crippen LogP contribution in [-0.4, -0.2) is 23.2 Å². The number of aryl methyl sites for hydroxylation is 1. The van der Waals surface area contributed by atoms with E-state index in [0.717, 1.165) is 11.3 Å². The number of halogens is 2. The fraction of sp³-hybridized carbons (Fsp3) is 0.167. The van der Waals surface area contributed by atoms with Crippen molar-refractivity contribution in [3.8, 4) is 17.2 Å². The molecule has 1 aromatic heterocycles. The summed E-state index contributed by atoms with van der Waals surface area (Å²) in [6.45, 7) is 0. The molecule has 0 aliphatic carbocycles. The zero-order valence-electron chi connectivity index (χ0n) is 13.8. The van der Waals surface area contributed by atoms with Gasteiger partial charge in [0.15, 0.2) is 0 Å². The lowest BCUT2D eigenvalue weighted by Gasteiger charge is -2.06. The molecule has 0 bridgehead atoms. The molecule has 2 aromatic carbocycles. The molecule has 3 rings (SSSR count). The van der Waals surface area contributed by atoms with Crippen LogP contribution in [0.1, 0.15) is 12.3 Å². The second-order valence-electron chi connectivity index (χ2n) is 5.40. The number of nitrogens with zero attached hydrogens (tertiary/aromatic N) is 2. The molecular weight excluding hydrogens is 377 g/mol. The molecule has 1 heterocycles. The number of ether oxygens (including phenoxy) is 1. The van der Waals surface area contributed by atoms with Crippen LogP contribution in [0.4, 0.5) is 5.69 Å². The Morgan fingerprint density at radius 2 is 1.92 bits per heavy atom. The number of benzene rings is 2. The van der Waals surface area contributed by atoms with E-state index in [9.17, 15) is 4.79 Å². The van der Waals surface area contributed by atoms with Gasteiger partial charge in [-0.3, -0.25) is 4.79 Å². The average molecular weight is 392 g/mol. The van der Waals surface area contributed by atoms with Crippen LogP contribution in [-0.2, 0) is 11.2 Å². The predicted octanol–water partition coefficient (Wildman–Crippen LogP) is 4.62. The highest BCUT2D eigenvalue weighted by Crippen LogP contribution is 2.26. The van der Waals surface area contributed by atoms with E-state index < -0.39 is 0 Å². The molecule has 0 unspecified atom stereocenters. The first kappa shape index (κ1) is 18.2. The lowest BCUT2D eigenvalue weighted by molar-refractivity contribution is -0.116. The standard InChI is InChI=1S/C18H15Cl2N3O3/c1-25-13-5-2-11(3-6-13)18-23-22-17(26-18)9-8-16(24)21-15-7-4-12(19)10-14(15)20/h2-7,10H,8-9H2,1H3,(H,21,24). The normalized spacial score (nSPS) is 10.6. The van der Waals surface area contributed by atoms with Gasteiger partial charge in [0.25, 0.3) is 0 Å². The van der Waals surface area contributed by atoms with Gasteiger partial charge < -0.3 is 14.5 Å². The number of rotatable bonds is 6. The molecule has 1 N–H and O–H groups in total. The largest absolute Gasteiger partial charge is 0.497 e. The van der Waals surface area contributed by atoms with Crippen molar-refractivity contribution in [2.24, 2.45) is 0 Å². The smallest absolute Gasteiger partial charge is 0.247 e. The summed E-state index contributed by atoms with van der Waals surface area (Å²) in [6, 6.07) is 12.1. The minimum atomic E-state index is -0.210. The summed E-state index contributed by atoms with van der Waals surface area (Å²) in [5.74, 6) is 1.31. The highest BCUT2D eigenvalue weighted by Gasteiger charge is 2.12. The highest BCUT2D eigenvalue weighted by molar-refractivity contribution is 6.36. The van der Waals surface area contributed by atoms with Crippen molar-refractivity contribution in [1.29, 1.82) is 0 Å². The van der Waals surface area contributed by atoms with E-state index in [-0.39, 0.29) is 12.3 Å². The van der Waals surface area contributed by atoms with Crippen molar-refractivity contribution < 1.29 is 13.9 Å². The van der Waals surface area contributed by atoms with Crippen LogP contribution < -0.4 is 10.1 Å². The molecule has 1 amide bonds. The first-order valence-corrected chi connectivity index (χ1v) is 8.52. The molecule has 0 spiro atoms. The van der Waals surface area contributed by atoms with Gasteiger partial charge in [-0.15, -0.1) is 10.2 Å². The summed E-state index contributed by atoms with van der Waals surface area (Å²) < 4.78 is 10.7. The Kier molecular flexibility index (Phi) is 5.75. The van der Waals surface area contributed by atoms with E-state index in [4.69, 9.17) is 32.4 Å². The van der Waals surface area contributed by atoms with Gasteiger partial charge in [-0.25, -0.2) is 0 Å². The molecule has 3 aromatic rings. The van der Waals surface area contributed by atoms with Crippen LogP contribution in [0.2, 0.25) is 10.0 Å². The molecule has 0 aliphatic heterocycles. The number of carbonyl (C=O) groups excluding carboxylic acids is 1. The quantitative estimate of drug-likeness (QED) is 0.662. The zero-order valence-corrected chi connectivity index (χ0v) is 15.3.